The first kappa shape index (κ1) is 29.1. The molecule has 0 atom stereocenters. The normalized spacial score (nSPS) is 12.2. The summed E-state index contributed by atoms with van der Waals surface area (Å²) < 4.78 is 23.0. The van der Waals surface area contributed by atoms with Gasteiger partial charge in [0.15, 0.2) is 11.2 Å². The number of hydrogen-bond acceptors (Lipinski definition) is 6. The molecule has 244 valence electrons. The topological polar surface area (TPSA) is 26.3 Å². The second-order valence-corrected chi connectivity index (χ2v) is 17.5. The number of fused-ring (bicyclic) bond motifs is 11. The van der Waals surface area contributed by atoms with Crippen molar-refractivity contribution >= 4 is 116 Å². The van der Waals surface area contributed by atoms with Crippen LogP contribution in [-0.2, 0) is 0 Å². The molecule has 0 saturated heterocycles. The van der Waals surface area contributed by atoms with Gasteiger partial charge in [-0.1, -0.05) is 97.1 Å². The summed E-state index contributed by atoms with van der Waals surface area (Å²) in [6.45, 7) is 0. The Bertz CT molecular complexity index is 3120. The first-order valence-corrected chi connectivity index (χ1v) is 20.4. The fraction of sp³-hybridized carbons (Fsp3) is 0. The fourth-order valence-corrected chi connectivity index (χ4v) is 12.4. The van der Waals surface area contributed by atoms with Gasteiger partial charge in [-0.05, 0) is 58.7 Å². The fourth-order valence-electron chi connectivity index (χ4n) is 7.55. The van der Waals surface area contributed by atoms with Gasteiger partial charge in [0.05, 0.1) is 18.8 Å². The van der Waals surface area contributed by atoms with E-state index in [1.807, 2.05) is 22.7 Å². The molecular weight excluding hydrogens is 713 g/mol. The Kier molecular flexibility index (Phi) is 6.16. The summed E-state index contributed by atoms with van der Waals surface area (Å²) >= 11 is 7.38. The molecule has 6 heterocycles. The lowest BCUT2D eigenvalue weighted by Crippen LogP contribution is -1.79. The Labute approximate surface area is 313 Å². The van der Waals surface area contributed by atoms with Gasteiger partial charge < -0.3 is 8.83 Å². The molecule has 2 nitrogen and oxygen atoms in total. The van der Waals surface area contributed by atoms with E-state index < -0.39 is 0 Å². The standard InChI is InChI=1S/C46H24O2S4/c1-3-7-37-31(5-1)43-41(49-37)23-35(47-43)27-13-9-25(10-14-27)29-17-19-33-39(21-29)51-46-34-20-18-30(22-40(34)52-45(33)46)26-11-15-28(16-12-26)36-24-42-44(48-36)32-6-2-4-8-38(32)50-42/h1-24H. The van der Waals surface area contributed by atoms with Gasteiger partial charge in [0.1, 0.15) is 11.5 Å². The first-order valence-electron chi connectivity index (χ1n) is 17.1. The van der Waals surface area contributed by atoms with Crippen molar-refractivity contribution in [2.45, 2.75) is 0 Å². The third-order valence-electron chi connectivity index (χ3n) is 10.2. The highest BCUT2D eigenvalue weighted by Crippen LogP contribution is 2.47. The van der Waals surface area contributed by atoms with Crippen LogP contribution in [-0.4, -0.2) is 0 Å². The number of thiophene rings is 4. The monoisotopic (exact) mass is 736 g/mol. The second kappa shape index (κ2) is 11.0. The highest BCUT2D eigenvalue weighted by molar-refractivity contribution is 7.36. The van der Waals surface area contributed by atoms with Crippen molar-refractivity contribution < 1.29 is 8.83 Å². The SMILES string of the molecule is c1ccc2c(c1)sc1cc(-c3ccc(-c4ccc5c(c4)sc4c6ccc(-c7ccc(-c8cc9sc%10ccccc%10c9o8)cc7)cc6sc54)cc3)oc12. The van der Waals surface area contributed by atoms with E-state index in [1.54, 1.807) is 22.7 Å². The molecule has 0 aliphatic rings. The predicted molar refractivity (Wildman–Crippen MR) is 227 cm³/mol. The molecule has 0 saturated carbocycles. The lowest BCUT2D eigenvalue weighted by molar-refractivity contribution is 0.635. The van der Waals surface area contributed by atoms with E-state index in [4.69, 9.17) is 8.83 Å². The Balaban J connectivity index is 0.829. The van der Waals surface area contributed by atoms with Crippen molar-refractivity contribution in [1.82, 2.24) is 0 Å². The molecule has 0 fully saturated rings. The van der Waals surface area contributed by atoms with Gasteiger partial charge >= 0.3 is 0 Å². The lowest BCUT2D eigenvalue weighted by Gasteiger charge is -2.04. The van der Waals surface area contributed by atoms with Crippen molar-refractivity contribution in [1.29, 1.82) is 0 Å². The molecule has 0 bridgehead atoms. The summed E-state index contributed by atoms with van der Waals surface area (Å²) in [7, 11) is 0. The van der Waals surface area contributed by atoms with E-state index >= 15 is 0 Å². The van der Waals surface area contributed by atoms with Crippen LogP contribution in [0.25, 0.3) is 115 Å². The van der Waals surface area contributed by atoms with Crippen LogP contribution < -0.4 is 0 Å². The predicted octanol–water partition coefficient (Wildman–Crippen LogP) is 15.9. The Hall–Kier alpha value is -5.50. The third kappa shape index (κ3) is 4.39. The first-order chi connectivity index (χ1) is 25.7. The third-order valence-corrected chi connectivity index (χ3v) is 14.9. The van der Waals surface area contributed by atoms with E-state index in [1.165, 1.54) is 81.4 Å². The summed E-state index contributed by atoms with van der Waals surface area (Å²) in [5.74, 6) is 1.84. The Morgan fingerprint density at radius 1 is 0.288 bits per heavy atom. The zero-order valence-corrected chi connectivity index (χ0v) is 30.6. The number of rotatable bonds is 4. The van der Waals surface area contributed by atoms with E-state index in [0.717, 1.165) is 33.8 Å². The van der Waals surface area contributed by atoms with Gasteiger partial charge in [-0.15, -0.1) is 45.3 Å². The van der Waals surface area contributed by atoms with Crippen LogP contribution in [0.2, 0.25) is 0 Å². The average Bonchev–Trinajstić information content (AvgIpc) is 4.03. The van der Waals surface area contributed by atoms with E-state index in [0.29, 0.717) is 0 Å². The maximum Gasteiger partial charge on any atom is 0.153 e. The minimum atomic E-state index is 0.919. The lowest BCUT2D eigenvalue weighted by atomic mass is 10.0. The molecule has 0 aliphatic carbocycles. The van der Waals surface area contributed by atoms with Crippen LogP contribution in [0.3, 0.4) is 0 Å². The quantitative estimate of drug-likeness (QED) is 0.180. The molecule has 6 heteroatoms. The molecule has 0 radical (unpaired) electrons. The summed E-state index contributed by atoms with van der Waals surface area (Å²) in [6.07, 6.45) is 0. The van der Waals surface area contributed by atoms with Gasteiger partial charge in [0.2, 0.25) is 0 Å². The van der Waals surface area contributed by atoms with Crippen LogP contribution in [0.1, 0.15) is 0 Å². The van der Waals surface area contributed by atoms with Crippen molar-refractivity contribution in [2.75, 3.05) is 0 Å². The van der Waals surface area contributed by atoms with Crippen LogP contribution in [0.15, 0.2) is 154 Å². The van der Waals surface area contributed by atoms with Crippen LogP contribution in [0.5, 0.6) is 0 Å². The van der Waals surface area contributed by atoms with Crippen molar-refractivity contribution in [2.24, 2.45) is 0 Å². The molecule has 0 unspecified atom stereocenters. The minimum Gasteiger partial charge on any atom is -0.455 e. The largest absolute Gasteiger partial charge is 0.455 e. The number of benzene rings is 6. The molecular formula is C46H24O2S4. The summed E-state index contributed by atoms with van der Waals surface area (Å²) in [5.41, 5.74) is 9.06. The van der Waals surface area contributed by atoms with Crippen molar-refractivity contribution in [3.8, 4) is 44.9 Å². The highest BCUT2D eigenvalue weighted by atomic mass is 32.1. The second-order valence-electron chi connectivity index (χ2n) is 13.2. The van der Waals surface area contributed by atoms with Crippen LogP contribution in [0, 0.1) is 0 Å². The van der Waals surface area contributed by atoms with Gasteiger partial charge in [0, 0.05) is 63.6 Å². The number of furan rings is 2. The molecule has 12 rings (SSSR count). The molecule has 6 aromatic heterocycles. The molecule has 52 heavy (non-hydrogen) atoms. The van der Waals surface area contributed by atoms with Gasteiger partial charge in [-0.2, -0.15) is 0 Å². The molecule has 0 spiro atoms. The van der Waals surface area contributed by atoms with Gasteiger partial charge in [0.25, 0.3) is 0 Å². The average molecular weight is 737 g/mol. The Morgan fingerprint density at radius 2 is 0.692 bits per heavy atom. The molecule has 12 aromatic rings. The number of hydrogen-bond donors (Lipinski definition) is 0. The smallest absolute Gasteiger partial charge is 0.153 e. The van der Waals surface area contributed by atoms with E-state index in [-0.39, 0.29) is 0 Å². The van der Waals surface area contributed by atoms with Gasteiger partial charge in [-0.25, -0.2) is 0 Å². The summed E-state index contributed by atoms with van der Waals surface area (Å²) in [6, 6.07) is 52.7. The van der Waals surface area contributed by atoms with Gasteiger partial charge in [-0.3, -0.25) is 0 Å². The molecule has 0 N–H and O–H groups in total. The van der Waals surface area contributed by atoms with E-state index in [9.17, 15) is 0 Å². The zero-order valence-electron chi connectivity index (χ0n) is 27.3. The Morgan fingerprint density at radius 3 is 1.15 bits per heavy atom. The summed E-state index contributed by atoms with van der Waals surface area (Å²) in [4.78, 5) is 0. The minimum absolute atomic E-state index is 0.919. The zero-order chi connectivity index (χ0) is 33.9. The molecule has 0 amide bonds. The highest BCUT2D eigenvalue weighted by Gasteiger charge is 2.16. The summed E-state index contributed by atoms with van der Waals surface area (Å²) in [5, 5.41) is 5.05. The van der Waals surface area contributed by atoms with Crippen molar-refractivity contribution in [3.05, 3.63) is 146 Å². The van der Waals surface area contributed by atoms with Crippen LogP contribution >= 0.6 is 45.3 Å². The maximum atomic E-state index is 6.35. The van der Waals surface area contributed by atoms with Crippen LogP contribution in [0.4, 0.5) is 0 Å². The van der Waals surface area contributed by atoms with Crippen molar-refractivity contribution in [3.63, 3.8) is 0 Å². The molecule has 6 aromatic carbocycles. The maximum absolute atomic E-state index is 6.35. The molecule has 0 aliphatic heterocycles. The van der Waals surface area contributed by atoms with E-state index in [2.05, 4.69) is 146 Å².